The van der Waals surface area contributed by atoms with E-state index in [9.17, 15) is 9.13 Å². The molecule has 1 aromatic carbocycles. The number of hydrogen-bond acceptors (Lipinski definition) is 7. The van der Waals surface area contributed by atoms with E-state index in [-0.39, 0.29) is 31.0 Å². The molecule has 196 valence electrons. The van der Waals surface area contributed by atoms with E-state index >= 15 is 0 Å². The van der Waals surface area contributed by atoms with Crippen molar-refractivity contribution < 1.29 is 27.2 Å². The van der Waals surface area contributed by atoms with E-state index in [4.69, 9.17) is 18.1 Å². The van der Waals surface area contributed by atoms with E-state index in [2.05, 4.69) is 29.2 Å². The van der Waals surface area contributed by atoms with E-state index in [0.717, 1.165) is 25.9 Å². The quantitative estimate of drug-likeness (QED) is 0.255. The van der Waals surface area contributed by atoms with Crippen LogP contribution in [0.2, 0.25) is 0 Å². The number of benzene rings is 1. The molecule has 0 amide bonds. The zero-order valence-corrected chi connectivity index (χ0v) is 24.0. The molecule has 2 rings (SSSR count). The summed E-state index contributed by atoms with van der Waals surface area (Å²) in [5.41, 5.74) is 1.34. The average molecular weight is 518 g/mol. The lowest BCUT2D eigenvalue weighted by atomic mass is 9.89. The first kappa shape index (κ1) is 29.7. The second-order valence-electron chi connectivity index (χ2n) is 10.2. The van der Waals surface area contributed by atoms with E-state index in [0.29, 0.717) is 5.92 Å². The van der Waals surface area contributed by atoms with Crippen LogP contribution >= 0.6 is 15.2 Å². The van der Waals surface area contributed by atoms with Crippen molar-refractivity contribution in [1.82, 2.24) is 4.90 Å². The van der Waals surface area contributed by atoms with Crippen molar-refractivity contribution in [2.24, 2.45) is 0 Å². The fraction of sp³-hybridized carbons (Fsp3) is 0.760. The molecule has 1 aliphatic rings. The van der Waals surface area contributed by atoms with E-state index in [1.807, 2.05) is 6.07 Å². The van der Waals surface area contributed by atoms with Crippen molar-refractivity contribution in [2.45, 2.75) is 104 Å². The summed E-state index contributed by atoms with van der Waals surface area (Å²) in [6.45, 7) is 16.3. The number of hydrogen-bond donors (Lipinski definition) is 0. The highest BCUT2D eigenvalue weighted by atomic mass is 31.2. The second-order valence-corrected chi connectivity index (χ2v) is 14.8. The number of likely N-dealkylation sites (tertiary alicyclic amines) is 1. The summed E-state index contributed by atoms with van der Waals surface area (Å²) in [4.78, 5) is 2.20. The first-order valence-corrected chi connectivity index (χ1v) is 15.8. The van der Waals surface area contributed by atoms with Crippen LogP contribution in [-0.4, -0.2) is 54.4 Å². The molecule has 0 unspecified atom stereocenters. The number of rotatable bonds is 13. The van der Waals surface area contributed by atoms with Gasteiger partial charge in [0.05, 0.1) is 24.4 Å². The van der Waals surface area contributed by atoms with Gasteiger partial charge in [0.2, 0.25) is 0 Å². The SMILES string of the molecule is CC(C)OP(=O)(OC(C)C)C(CN1CCC(c2ccccc2)CC1)P(=O)(OC(C)C)OC(C)C. The summed E-state index contributed by atoms with van der Waals surface area (Å²) < 4.78 is 52.3. The van der Waals surface area contributed by atoms with Gasteiger partial charge >= 0.3 is 15.2 Å². The van der Waals surface area contributed by atoms with Crippen LogP contribution in [0.25, 0.3) is 0 Å². The maximum absolute atomic E-state index is 14.3. The first-order chi connectivity index (χ1) is 15.8. The predicted octanol–water partition coefficient (Wildman–Crippen LogP) is 7.28. The lowest BCUT2D eigenvalue weighted by Gasteiger charge is -2.39. The number of nitrogens with zero attached hydrogens (tertiary/aromatic N) is 1. The zero-order valence-electron chi connectivity index (χ0n) is 22.2. The molecule has 0 spiro atoms. The normalized spacial score (nSPS) is 17.1. The molecule has 34 heavy (non-hydrogen) atoms. The van der Waals surface area contributed by atoms with Crippen molar-refractivity contribution in [3.63, 3.8) is 0 Å². The lowest BCUT2D eigenvalue weighted by Crippen LogP contribution is -2.40. The molecule has 0 saturated carbocycles. The largest absolute Gasteiger partial charge is 0.347 e. The van der Waals surface area contributed by atoms with Crippen LogP contribution in [0.4, 0.5) is 0 Å². The molecule has 0 aromatic heterocycles. The Labute approximate surface area is 206 Å². The van der Waals surface area contributed by atoms with Gasteiger partial charge in [0.1, 0.15) is 0 Å². The van der Waals surface area contributed by atoms with Gasteiger partial charge in [-0.3, -0.25) is 9.13 Å². The van der Waals surface area contributed by atoms with E-state index < -0.39 is 20.6 Å². The van der Waals surface area contributed by atoms with Gasteiger partial charge in [-0.2, -0.15) is 0 Å². The second kappa shape index (κ2) is 13.1. The van der Waals surface area contributed by atoms with Gasteiger partial charge in [0.25, 0.3) is 0 Å². The first-order valence-electron chi connectivity index (χ1n) is 12.5. The highest BCUT2D eigenvalue weighted by Gasteiger charge is 2.53. The maximum atomic E-state index is 14.3. The Hall–Kier alpha value is -0.520. The van der Waals surface area contributed by atoms with Crippen LogP contribution in [0, 0.1) is 0 Å². The highest BCUT2D eigenvalue weighted by molar-refractivity contribution is 7.72. The monoisotopic (exact) mass is 517 g/mol. The van der Waals surface area contributed by atoms with Crippen molar-refractivity contribution >= 4 is 15.2 Å². The summed E-state index contributed by atoms with van der Waals surface area (Å²) >= 11 is 0. The van der Waals surface area contributed by atoms with Gasteiger partial charge in [-0.1, -0.05) is 30.3 Å². The third-order valence-electron chi connectivity index (χ3n) is 5.44. The van der Waals surface area contributed by atoms with Crippen molar-refractivity contribution in [3.05, 3.63) is 35.9 Å². The molecule has 0 aliphatic carbocycles. The fourth-order valence-corrected chi connectivity index (χ4v) is 10.2. The Bertz CT molecular complexity index is 756. The zero-order chi connectivity index (χ0) is 25.5. The Morgan fingerprint density at radius 3 is 1.47 bits per heavy atom. The molecule has 1 fully saturated rings. The maximum Gasteiger partial charge on any atom is 0.347 e. The van der Waals surface area contributed by atoms with Crippen LogP contribution in [-0.2, 0) is 27.2 Å². The molecule has 0 radical (unpaired) electrons. The summed E-state index contributed by atoms with van der Waals surface area (Å²) in [7, 11) is -7.74. The molecule has 1 aromatic rings. The molecule has 1 saturated heterocycles. The Morgan fingerprint density at radius 1 is 0.735 bits per heavy atom. The average Bonchev–Trinajstić information content (AvgIpc) is 2.70. The highest BCUT2D eigenvalue weighted by Crippen LogP contribution is 2.72. The molecule has 0 N–H and O–H groups in total. The molecule has 1 aliphatic heterocycles. The van der Waals surface area contributed by atoms with Gasteiger partial charge in [-0.25, -0.2) is 0 Å². The van der Waals surface area contributed by atoms with Crippen molar-refractivity contribution in [1.29, 1.82) is 0 Å². The third kappa shape index (κ3) is 8.85. The van der Waals surface area contributed by atoms with Crippen LogP contribution < -0.4 is 0 Å². The van der Waals surface area contributed by atoms with Crippen LogP contribution in [0.5, 0.6) is 0 Å². The summed E-state index contributed by atoms with van der Waals surface area (Å²) in [6, 6.07) is 10.5. The van der Waals surface area contributed by atoms with Crippen molar-refractivity contribution in [2.75, 3.05) is 19.6 Å². The minimum absolute atomic E-state index is 0.259. The van der Waals surface area contributed by atoms with E-state index in [1.54, 1.807) is 55.4 Å². The van der Waals surface area contributed by atoms with E-state index in [1.165, 1.54) is 5.56 Å². The number of piperidine rings is 1. The van der Waals surface area contributed by atoms with Crippen LogP contribution in [0.3, 0.4) is 0 Å². The minimum Gasteiger partial charge on any atom is -0.305 e. The van der Waals surface area contributed by atoms with Crippen LogP contribution in [0.1, 0.15) is 79.7 Å². The van der Waals surface area contributed by atoms with Gasteiger partial charge < -0.3 is 23.0 Å². The smallest absolute Gasteiger partial charge is 0.305 e. The fourth-order valence-electron chi connectivity index (χ4n) is 4.28. The third-order valence-corrected chi connectivity index (χ3v) is 11.8. The van der Waals surface area contributed by atoms with Gasteiger partial charge in [0.15, 0.2) is 5.40 Å². The Kier molecular flexibility index (Phi) is 11.5. The molecule has 7 nitrogen and oxygen atoms in total. The predicted molar refractivity (Wildman–Crippen MR) is 139 cm³/mol. The van der Waals surface area contributed by atoms with Crippen molar-refractivity contribution in [3.8, 4) is 0 Å². The topological polar surface area (TPSA) is 74.3 Å². The van der Waals surface area contributed by atoms with Gasteiger partial charge in [-0.15, -0.1) is 0 Å². The molecule has 9 heteroatoms. The Morgan fingerprint density at radius 2 is 1.12 bits per heavy atom. The molecular formula is C25H45NO6P2. The summed E-state index contributed by atoms with van der Waals surface area (Å²) in [6.07, 6.45) is 0.449. The van der Waals surface area contributed by atoms with Crippen LogP contribution in [0.15, 0.2) is 30.3 Å². The summed E-state index contributed by atoms with van der Waals surface area (Å²) in [5, 5.41) is -1.04. The summed E-state index contributed by atoms with van der Waals surface area (Å²) in [5.74, 6) is 0.479. The minimum atomic E-state index is -3.87. The standard InChI is InChI=1S/C25H45NO6P2/c1-19(2)29-33(27,30-20(3)4)25(34(28,31-21(5)6)32-22(7)8)18-26-16-14-24(15-17-26)23-12-10-9-11-13-23/h9-13,19-22,24-25H,14-18H2,1-8H3. The van der Waals surface area contributed by atoms with Gasteiger partial charge in [0, 0.05) is 6.54 Å². The molecule has 0 bridgehead atoms. The molecular weight excluding hydrogens is 472 g/mol. The molecule has 1 heterocycles. The van der Waals surface area contributed by atoms with Gasteiger partial charge in [-0.05, 0) is 92.8 Å². The molecule has 0 atom stereocenters. The lowest BCUT2D eigenvalue weighted by molar-refractivity contribution is 0.114. The Balaban J connectivity index is 2.36.